The molecule has 1 aromatic carbocycles. The quantitative estimate of drug-likeness (QED) is 0.459. The summed E-state index contributed by atoms with van der Waals surface area (Å²) in [7, 11) is 0. The van der Waals surface area contributed by atoms with Gasteiger partial charge >= 0.3 is 5.69 Å². The average Bonchev–Trinajstić information content (AvgIpc) is 2.80. The average molecular weight is 445 g/mol. The van der Waals surface area contributed by atoms with Gasteiger partial charge in [-0.3, -0.25) is 10.1 Å². The molecule has 0 amide bonds. The first-order chi connectivity index (χ1) is 15.4. The van der Waals surface area contributed by atoms with Crippen LogP contribution in [0.3, 0.4) is 0 Å². The molecule has 3 heterocycles. The van der Waals surface area contributed by atoms with Gasteiger partial charge in [0.15, 0.2) is 5.67 Å². The van der Waals surface area contributed by atoms with Crippen molar-refractivity contribution in [1.82, 2.24) is 4.98 Å². The van der Waals surface area contributed by atoms with Crippen molar-refractivity contribution in [3.05, 3.63) is 46.5 Å². The van der Waals surface area contributed by atoms with Crippen LogP contribution in [0.2, 0.25) is 0 Å². The van der Waals surface area contributed by atoms with Crippen molar-refractivity contribution in [3.63, 3.8) is 0 Å². The molecule has 0 aliphatic carbocycles. The van der Waals surface area contributed by atoms with E-state index in [1.165, 1.54) is 6.07 Å². The Balaban J connectivity index is 1.51. The van der Waals surface area contributed by atoms with E-state index in [4.69, 9.17) is 0 Å². The van der Waals surface area contributed by atoms with E-state index >= 15 is 0 Å². The highest BCUT2D eigenvalue weighted by molar-refractivity contribution is 5.69. The van der Waals surface area contributed by atoms with E-state index in [-0.39, 0.29) is 24.2 Å². The van der Waals surface area contributed by atoms with Gasteiger partial charge in [-0.1, -0.05) is 0 Å². The highest BCUT2D eigenvalue weighted by Gasteiger charge is 2.35. The Morgan fingerprint density at radius 2 is 1.88 bits per heavy atom. The number of hydrogen-bond acceptors (Lipinski definition) is 8. The summed E-state index contributed by atoms with van der Waals surface area (Å²) in [5, 5.41) is 33.6. The van der Waals surface area contributed by atoms with Crippen molar-refractivity contribution >= 4 is 28.7 Å². The highest BCUT2D eigenvalue weighted by Crippen LogP contribution is 2.32. The van der Waals surface area contributed by atoms with Crippen LogP contribution in [0.5, 0.6) is 0 Å². The molecule has 9 nitrogen and oxygen atoms in total. The predicted molar refractivity (Wildman–Crippen MR) is 120 cm³/mol. The van der Waals surface area contributed by atoms with Crippen molar-refractivity contribution in [2.24, 2.45) is 0 Å². The number of nitrogens with one attached hydrogen (secondary N) is 1. The van der Waals surface area contributed by atoms with Crippen molar-refractivity contribution in [3.8, 4) is 0 Å². The van der Waals surface area contributed by atoms with Crippen LogP contribution in [0.4, 0.5) is 33.1 Å². The summed E-state index contributed by atoms with van der Waals surface area (Å²) in [6.45, 7) is 1.62. The molecule has 32 heavy (non-hydrogen) atoms. The Bertz CT molecular complexity index is 952. The van der Waals surface area contributed by atoms with Gasteiger partial charge in [0, 0.05) is 37.1 Å². The minimum atomic E-state index is -1.59. The molecule has 0 bridgehead atoms. The van der Waals surface area contributed by atoms with Crippen LogP contribution < -0.4 is 15.1 Å². The molecule has 1 aromatic heterocycles. The normalized spacial score (nSPS) is 22.1. The van der Waals surface area contributed by atoms with E-state index < -0.39 is 17.2 Å². The van der Waals surface area contributed by atoms with Crippen LogP contribution in [0.1, 0.15) is 25.7 Å². The smallest absolute Gasteiger partial charge is 0.311 e. The van der Waals surface area contributed by atoms with Gasteiger partial charge in [0.2, 0.25) is 5.82 Å². The minimum Gasteiger partial charge on any atom is -0.393 e. The van der Waals surface area contributed by atoms with E-state index in [0.29, 0.717) is 56.8 Å². The third-order valence-corrected chi connectivity index (χ3v) is 6.15. The van der Waals surface area contributed by atoms with Crippen LogP contribution in [-0.4, -0.2) is 64.7 Å². The molecule has 0 saturated carbocycles. The number of benzene rings is 1. The Hall–Kier alpha value is -2.98. The molecule has 2 fully saturated rings. The monoisotopic (exact) mass is 445 g/mol. The van der Waals surface area contributed by atoms with Gasteiger partial charge < -0.3 is 25.3 Å². The summed E-state index contributed by atoms with van der Waals surface area (Å²) in [5.74, 6) is 0.769. The number of piperidine rings is 2. The van der Waals surface area contributed by atoms with Crippen molar-refractivity contribution in [2.45, 2.75) is 37.5 Å². The minimum absolute atomic E-state index is 0.129. The fourth-order valence-corrected chi connectivity index (χ4v) is 4.28. The third kappa shape index (κ3) is 4.91. The second-order valence-electron chi connectivity index (χ2n) is 8.52. The van der Waals surface area contributed by atoms with Crippen molar-refractivity contribution in [2.75, 3.05) is 47.9 Å². The lowest BCUT2D eigenvalue weighted by atomic mass is 9.95. The van der Waals surface area contributed by atoms with Gasteiger partial charge in [0.1, 0.15) is 5.82 Å². The summed E-state index contributed by atoms with van der Waals surface area (Å²) in [6, 6.07) is 10.3. The van der Waals surface area contributed by atoms with Crippen molar-refractivity contribution < 1.29 is 19.5 Å². The maximum atomic E-state index is 14.5. The number of nitrogens with zero attached hydrogens (tertiary/aromatic N) is 4. The van der Waals surface area contributed by atoms with E-state index in [0.717, 1.165) is 5.69 Å². The second kappa shape index (κ2) is 9.25. The lowest BCUT2D eigenvalue weighted by molar-refractivity contribution is -0.384. The predicted octanol–water partition coefficient (Wildman–Crippen LogP) is 3.00. The molecule has 2 aliphatic rings. The molecule has 0 radical (unpaired) electrons. The zero-order valence-corrected chi connectivity index (χ0v) is 17.8. The Morgan fingerprint density at radius 3 is 2.53 bits per heavy atom. The van der Waals surface area contributed by atoms with Gasteiger partial charge in [0.25, 0.3) is 0 Å². The molecular formula is C22H28FN5O4. The van der Waals surface area contributed by atoms with Gasteiger partial charge in [-0.2, -0.15) is 0 Å². The molecule has 1 atom stereocenters. The number of aliphatic hydroxyl groups excluding tert-OH is 2. The van der Waals surface area contributed by atoms with Crippen LogP contribution in [0.15, 0.2) is 36.4 Å². The Labute approximate surface area is 185 Å². The summed E-state index contributed by atoms with van der Waals surface area (Å²) < 4.78 is 14.5. The Morgan fingerprint density at radius 1 is 1.16 bits per heavy atom. The van der Waals surface area contributed by atoms with Gasteiger partial charge in [-0.05, 0) is 56.0 Å². The van der Waals surface area contributed by atoms with Crippen LogP contribution >= 0.6 is 0 Å². The van der Waals surface area contributed by atoms with Gasteiger partial charge in [-0.25, -0.2) is 9.37 Å². The van der Waals surface area contributed by atoms with Crippen LogP contribution in [0, 0.1) is 10.1 Å². The summed E-state index contributed by atoms with van der Waals surface area (Å²) in [6.07, 6.45) is 1.96. The summed E-state index contributed by atoms with van der Waals surface area (Å²) in [5.41, 5.74) is -0.268. The maximum absolute atomic E-state index is 14.5. The lowest BCUT2D eigenvalue weighted by Crippen LogP contribution is -2.47. The number of alkyl halides is 1. The molecule has 2 aromatic rings. The standard InChI is InChI=1S/C22H28FN5O4/c23-22(15-29)10-1-11-27(14-22)17-4-2-16(3-5-17)24-21-19(28(31)32)6-7-20(25-21)26-12-8-18(30)9-13-26/h2-7,18,29-30H,1,8-15H2,(H,24,25). The SMILES string of the molecule is O=[N+]([O-])c1ccc(N2CCC(O)CC2)nc1Nc1ccc(N2CCCC(F)(CO)C2)cc1. The van der Waals surface area contributed by atoms with E-state index in [1.54, 1.807) is 18.2 Å². The van der Waals surface area contributed by atoms with Crippen LogP contribution in [0.25, 0.3) is 0 Å². The van der Waals surface area contributed by atoms with E-state index in [9.17, 15) is 24.7 Å². The zero-order chi connectivity index (χ0) is 22.7. The number of aliphatic hydroxyl groups is 2. The first-order valence-corrected chi connectivity index (χ1v) is 10.9. The van der Waals surface area contributed by atoms with E-state index in [2.05, 4.69) is 10.3 Å². The first kappa shape index (κ1) is 22.2. The first-order valence-electron chi connectivity index (χ1n) is 10.9. The number of anilines is 4. The lowest BCUT2D eigenvalue weighted by Gasteiger charge is -2.37. The molecule has 4 rings (SSSR count). The molecule has 3 N–H and O–H groups in total. The maximum Gasteiger partial charge on any atom is 0.311 e. The number of rotatable bonds is 6. The second-order valence-corrected chi connectivity index (χ2v) is 8.52. The molecule has 1 unspecified atom stereocenters. The summed E-state index contributed by atoms with van der Waals surface area (Å²) in [4.78, 5) is 19.4. The molecule has 2 saturated heterocycles. The molecular weight excluding hydrogens is 417 g/mol. The van der Waals surface area contributed by atoms with Crippen LogP contribution in [-0.2, 0) is 0 Å². The highest BCUT2D eigenvalue weighted by atomic mass is 19.1. The molecule has 10 heteroatoms. The number of pyridine rings is 1. The van der Waals surface area contributed by atoms with Gasteiger partial charge in [-0.15, -0.1) is 0 Å². The molecule has 172 valence electrons. The largest absolute Gasteiger partial charge is 0.393 e. The number of hydrogen-bond donors (Lipinski definition) is 3. The topological polar surface area (TPSA) is 115 Å². The number of halogens is 1. The third-order valence-electron chi connectivity index (χ3n) is 6.15. The molecule has 0 spiro atoms. The van der Waals surface area contributed by atoms with Crippen molar-refractivity contribution in [1.29, 1.82) is 0 Å². The summed E-state index contributed by atoms with van der Waals surface area (Å²) >= 11 is 0. The Kier molecular flexibility index (Phi) is 6.43. The molecule has 2 aliphatic heterocycles. The fraction of sp³-hybridized carbons (Fsp3) is 0.500. The number of aromatic nitrogens is 1. The fourth-order valence-electron chi connectivity index (χ4n) is 4.28. The van der Waals surface area contributed by atoms with Gasteiger partial charge in [0.05, 0.1) is 24.2 Å². The number of nitro groups is 1. The van der Waals surface area contributed by atoms with E-state index in [1.807, 2.05) is 21.9 Å². The zero-order valence-electron chi connectivity index (χ0n) is 17.8.